The molecule has 1 aromatic carbocycles. The molecule has 1 atom stereocenters. The lowest BCUT2D eigenvalue weighted by Crippen LogP contribution is -2.18. The first-order valence-electron chi connectivity index (χ1n) is 4.89. The Kier molecular flexibility index (Phi) is 5.40. The van der Waals surface area contributed by atoms with Crippen LogP contribution >= 0.6 is 15.9 Å². The van der Waals surface area contributed by atoms with Gasteiger partial charge in [0.15, 0.2) is 6.10 Å². The van der Waals surface area contributed by atoms with E-state index in [9.17, 15) is 4.79 Å². The fourth-order valence-electron chi connectivity index (χ4n) is 1.37. The van der Waals surface area contributed by atoms with Crippen molar-refractivity contribution in [2.75, 3.05) is 20.3 Å². The van der Waals surface area contributed by atoms with Crippen LogP contribution in [0.4, 0.5) is 0 Å². The van der Waals surface area contributed by atoms with E-state index < -0.39 is 12.1 Å². The molecular weight excluding hydrogens is 292 g/mol. The van der Waals surface area contributed by atoms with Gasteiger partial charge in [-0.15, -0.1) is 0 Å². The smallest absolute Gasteiger partial charge is 0.337 e. The molecule has 0 aromatic heterocycles. The van der Waals surface area contributed by atoms with Crippen LogP contribution < -0.4 is 4.74 Å². The molecule has 17 heavy (non-hydrogen) atoms. The predicted molar refractivity (Wildman–Crippen MR) is 64.1 cm³/mol. The van der Waals surface area contributed by atoms with Crippen LogP contribution in [0.15, 0.2) is 22.7 Å². The van der Waals surface area contributed by atoms with Gasteiger partial charge in [0.05, 0.1) is 20.3 Å². The first-order valence-corrected chi connectivity index (χ1v) is 5.68. The highest BCUT2D eigenvalue weighted by Gasteiger charge is 2.24. The van der Waals surface area contributed by atoms with Crippen molar-refractivity contribution in [3.8, 4) is 5.75 Å². The van der Waals surface area contributed by atoms with Crippen LogP contribution in [0.3, 0.4) is 0 Å². The summed E-state index contributed by atoms with van der Waals surface area (Å²) in [6.07, 6.45) is -1.16. The van der Waals surface area contributed by atoms with Gasteiger partial charge in [-0.3, -0.25) is 0 Å². The quantitative estimate of drug-likeness (QED) is 0.835. The number of carboxylic acid groups (broad SMARTS) is 1. The molecule has 0 aliphatic heterocycles. The van der Waals surface area contributed by atoms with Crippen molar-refractivity contribution in [1.82, 2.24) is 0 Å². The number of benzene rings is 1. The summed E-state index contributed by atoms with van der Waals surface area (Å²) < 4.78 is 10.9. The molecule has 0 aliphatic carbocycles. The number of aliphatic carboxylic acids is 1. The molecule has 0 bridgehead atoms. The number of methoxy groups -OCH3 is 1. The maximum atomic E-state index is 11.1. The zero-order valence-corrected chi connectivity index (χ0v) is 10.8. The van der Waals surface area contributed by atoms with Gasteiger partial charge in [0.1, 0.15) is 5.75 Å². The van der Waals surface area contributed by atoms with E-state index in [-0.39, 0.29) is 13.2 Å². The van der Waals surface area contributed by atoms with Crippen molar-refractivity contribution in [2.24, 2.45) is 0 Å². The van der Waals surface area contributed by atoms with Gasteiger partial charge in [-0.25, -0.2) is 4.79 Å². The van der Waals surface area contributed by atoms with E-state index >= 15 is 0 Å². The number of carbonyl (C=O) groups is 1. The third-order valence-corrected chi connectivity index (χ3v) is 2.57. The molecule has 0 aliphatic rings. The van der Waals surface area contributed by atoms with E-state index in [0.29, 0.717) is 11.3 Å². The third kappa shape index (κ3) is 3.69. The van der Waals surface area contributed by atoms with Crippen molar-refractivity contribution >= 4 is 21.9 Å². The zero-order valence-electron chi connectivity index (χ0n) is 9.22. The van der Waals surface area contributed by atoms with Crippen molar-refractivity contribution in [1.29, 1.82) is 0 Å². The van der Waals surface area contributed by atoms with Crippen molar-refractivity contribution in [2.45, 2.75) is 6.10 Å². The Morgan fingerprint density at radius 1 is 1.53 bits per heavy atom. The Morgan fingerprint density at radius 2 is 2.24 bits per heavy atom. The van der Waals surface area contributed by atoms with Gasteiger partial charge in [-0.2, -0.15) is 0 Å². The second-order valence-corrected chi connectivity index (χ2v) is 4.11. The van der Waals surface area contributed by atoms with Crippen molar-refractivity contribution in [3.05, 3.63) is 28.2 Å². The fourth-order valence-corrected chi connectivity index (χ4v) is 1.75. The highest BCUT2D eigenvalue weighted by molar-refractivity contribution is 9.10. The first kappa shape index (κ1) is 14.0. The zero-order chi connectivity index (χ0) is 12.8. The normalized spacial score (nSPS) is 12.2. The molecule has 0 heterocycles. The minimum Gasteiger partial charge on any atom is -0.496 e. The standard InChI is InChI=1S/C11H13BrO5/c1-16-9-3-2-7(12)6-8(9)10(11(14)15)17-5-4-13/h2-3,6,10,13H,4-5H2,1H3,(H,14,15). The van der Waals surface area contributed by atoms with Crippen molar-refractivity contribution in [3.63, 3.8) is 0 Å². The van der Waals surface area contributed by atoms with Crippen LogP contribution in [0.5, 0.6) is 5.75 Å². The first-order chi connectivity index (χ1) is 8.10. The Bertz CT molecular complexity index is 393. The summed E-state index contributed by atoms with van der Waals surface area (Å²) in [6.45, 7) is -0.285. The van der Waals surface area contributed by atoms with Crippen LogP contribution in [0.25, 0.3) is 0 Å². The summed E-state index contributed by atoms with van der Waals surface area (Å²) >= 11 is 3.26. The SMILES string of the molecule is COc1ccc(Br)cc1C(OCCO)C(=O)O. The number of hydrogen-bond acceptors (Lipinski definition) is 4. The van der Waals surface area contributed by atoms with Gasteiger partial charge in [-0.05, 0) is 18.2 Å². The van der Waals surface area contributed by atoms with Crippen LogP contribution in [0, 0.1) is 0 Å². The van der Waals surface area contributed by atoms with E-state index in [0.717, 1.165) is 4.47 Å². The molecule has 0 radical (unpaired) electrons. The average molecular weight is 305 g/mol. The Hall–Kier alpha value is -1.11. The Morgan fingerprint density at radius 3 is 2.76 bits per heavy atom. The molecule has 0 amide bonds. The molecule has 0 saturated carbocycles. The van der Waals surface area contributed by atoms with Gasteiger partial charge in [-0.1, -0.05) is 15.9 Å². The summed E-state index contributed by atoms with van der Waals surface area (Å²) in [6, 6.07) is 5.01. The summed E-state index contributed by atoms with van der Waals surface area (Å²) in [7, 11) is 1.46. The van der Waals surface area contributed by atoms with Crippen LogP contribution in [-0.2, 0) is 9.53 Å². The number of aliphatic hydroxyl groups excluding tert-OH is 1. The average Bonchev–Trinajstić information content (AvgIpc) is 2.29. The maximum Gasteiger partial charge on any atom is 0.337 e. The molecule has 2 N–H and O–H groups in total. The van der Waals surface area contributed by atoms with Crippen molar-refractivity contribution < 1.29 is 24.5 Å². The highest BCUT2D eigenvalue weighted by Crippen LogP contribution is 2.30. The van der Waals surface area contributed by atoms with E-state index in [1.54, 1.807) is 18.2 Å². The van der Waals surface area contributed by atoms with Crippen LogP contribution in [0.2, 0.25) is 0 Å². The van der Waals surface area contributed by atoms with Gasteiger partial charge in [0.25, 0.3) is 0 Å². The lowest BCUT2D eigenvalue weighted by Gasteiger charge is -2.16. The topological polar surface area (TPSA) is 76.0 Å². The predicted octanol–water partition coefficient (Wildman–Crippen LogP) is 1.59. The van der Waals surface area contributed by atoms with E-state index in [4.69, 9.17) is 19.7 Å². The fraction of sp³-hybridized carbons (Fsp3) is 0.364. The van der Waals surface area contributed by atoms with Gasteiger partial charge >= 0.3 is 5.97 Å². The van der Waals surface area contributed by atoms with Gasteiger partial charge < -0.3 is 19.7 Å². The number of hydrogen-bond donors (Lipinski definition) is 2. The minimum absolute atomic E-state index is 0.0490. The number of halogens is 1. The number of rotatable bonds is 6. The summed E-state index contributed by atoms with van der Waals surface area (Å²) in [5, 5.41) is 17.8. The summed E-state index contributed by atoms with van der Waals surface area (Å²) in [4.78, 5) is 11.1. The number of aliphatic hydroxyl groups is 1. The lowest BCUT2D eigenvalue weighted by atomic mass is 10.1. The summed E-state index contributed by atoms with van der Waals surface area (Å²) in [5.74, 6) is -0.701. The van der Waals surface area contributed by atoms with E-state index in [2.05, 4.69) is 15.9 Å². The molecule has 1 unspecified atom stereocenters. The molecule has 0 spiro atoms. The van der Waals surface area contributed by atoms with Crippen LogP contribution in [-0.4, -0.2) is 36.5 Å². The Labute approximate surface area is 107 Å². The molecule has 6 heteroatoms. The summed E-state index contributed by atoms with van der Waals surface area (Å²) in [5.41, 5.74) is 0.405. The van der Waals surface area contributed by atoms with Gasteiger partial charge in [0.2, 0.25) is 0 Å². The molecule has 5 nitrogen and oxygen atoms in total. The third-order valence-electron chi connectivity index (χ3n) is 2.07. The second-order valence-electron chi connectivity index (χ2n) is 3.20. The van der Waals surface area contributed by atoms with E-state index in [1.807, 2.05) is 0 Å². The molecule has 1 rings (SSSR count). The molecule has 1 aromatic rings. The van der Waals surface area contributed by atoms with Gasteiger partial charge in [0, 0.05) is 10.0 Å². The molecule has 94 valence electrons. The monoisotopic (exact) mass is 304 g/mol. The molecular formula is C11H13BrO5. The largest absolute Gasteiger partial charge is 0.496 e. The molecule has 0 saturated heterocycles. The second kappa shape index (κ2) is 6.58. The minimum atomic E-state index is -1.16. The lowest BCUT2D eigenvalue weighted by molar-refractivity contribution is -0.151. The van der Waals surface area contributed by atoms with E-state index in [1.165, 1.54) is 7.11 Å². The highest BCUT2D eigenvalue weighted by atomic mass is 79.9. The Balaban J connectivity index is 3.07. The maximum absolute atomic E-state index is 11.1. The number of carboxylic acids is 1. The van der Waals surface area contributed by atoms with Crippen LogP contribution in [0.1, 0.15) is 11.7 Å². The molecule has 0 fully saturated rings. The number of ether oxygens (including phenoxy) is 2.